The van der Waals surface area contributed by atoms with Gasteiger partial charge in [0.1, 0.15) is 5.84 Å². The summed E-state index contributed by atoms with van der Waals surface area (Å²) in [5.74, 6) is 1.61. The van der Waals surface area contributed by atoms with E-state index >= 15 is 0 Å². The van der Waals surface area contributed by atoms with Gasteiger partial charge in [0.25, 0.3) is 0 Å². The monoisotopic (exact) mass is 132 g/mol. The predicted octanol–water partition coefficient (Wildman–Crippen LogP) is 0.727. The molecule has 0 aliphatic carbocycles. The molecule has 8 heavy (non-hydrogen) atoms. The highest BCUT2D eigenvalue weighted by Crippen LogP contribution is 1.88. The third-order valence-electron chi connectivity index (χ3n) is 0.653. The second kappa shape index (κ2) is 4.97. The zero-order chi connectivity index (χ0) is 6.41. The molecule has 0 atom stereocenters. The number of nitrogens with zero attached hydrogens (tertiary/aromatic N) is 1. The van der Waals surface area contributed by atoms with E-state index in [0.717, 1.165) is 18.1 Å². The Morgan fingerprint density at radius 3 is 2.75 bits per heavy atom. The summed E-state index contributed by atoms with van der Waals surface area (Å²) in [5.41, 5.74) is 5.42. The van der Waals surface area contributed by atoms with Gasteiger partial charge in [0.05, 0.1) is 5.75 Å². The van der Waals surface area contributed by atoms with Crippen LogP contribution < -0.4 is 5.73 Å². The molecule has 0 rings (SSSR count). The van der Waals surface area contributed by atoms with E-state index in [1.807, 2.05) is 13.2 Å². The van der Waals surface area contributed by atoms with E-state index in [-0.39, 0.29) is 0 Å². The van der Waals surface area contributed by atoms with E-state index < -0.39 is 0 Å². The molecule has 48 valence electrons. The normalized spacial score (nSPS) is 12.0. The summed E-state index contributed by atoms with van der Waals surface area (Å²) in [6, 6.07) is 0. The topological polar surface area (TPSA) is 38.4 Å². The van der Waals surface area contributed by atoms with Crippen LogP contribution in [0.25, 0.3) is 0 Å². The molecular weight excluding hydrogens is 120 g/mol. The second-order valence-corrected chi connectivity index (χ2v) is 2.26. The zero-order valence-corrected chi connectivity index (χ0v) is 6.16. The number of amidine groups is 1. The van der Waals surface area contributed by atoms with Gasteiger partial charge in [-0.05, 0) is 13.2 Å². The molecule has 0 radical (unpaired) electrons. The molecule has 0 aromatic rings. The maximum Gasteiger partial charge on any atom is 0.104 e. The number of aliphatic imine (C=N–C) groups is 1. The Bertz CT molecular complexity index is 80.5. The summed E-state index contributed by atoms with van der Waals surface area (Å²) in [7, 11) is 0. The van der Waals surface area contributed by atoms with Crippen LogP contribution in [0.2, 0.25) is 0 Å². The highest BCUT2D eigenvalue weighted by atomic mass is 32.2. The lowest BCUT2D eigenvalue weighted by Gasteiger charge is -1.92. The fourth-order valence-corrected chi connectivity index (χ4v) is 0.784. The van der Waals surface area contributed by atoms with Crippen molar-refractivity contribution < 1.29 is 0 Å². The first-order chi connectivity index (χ1) is 3.81. The number of hydrogen-bond acceptors (Lipinski definition) is 2. The quantitative estimate of drug-likeness (QED) is 0.454. The molecule has 0 aliphatic heterocycles. The molecule has 0 saturated heterocycles. The van der Waals surface area contributed by atoms with Crippen molar-refractivity contribution in [3.8, 4) is 0 Å². The van der Waals surface area contributed by atoms with Crippen LogP contribution in [0.1, 0.15) is 6.92 Å². The van der Waals surface area contributed by atoms with Gasteiger partial charge >= 0.3 is 0 Å². The molecule has 3 heteroatoms. The molecule has 0 aromatic heterocycles. The van der Waals surface area contributed by atoms with Crippen LogP contribution in [0.3, 0.4) is 0 Å². The molecule has 0 aromatic carbocycles. The lowest BCUT2D eigenvalue weighted by molar-refractivity contribution is 1.12. The molecule has 2 N–H and O–H groups in total. The Morgan fingerprint density at radius 1 is 1.75 bits per heavy atom. The van der Waals surface area contributed by atoms with Crippen LogP contribution in [0.15, 0.2) is 4.99 Å². The molecule has 2 nitrogen and oxygen atoms in total. The number of rotatable bonds is 3. The molecule has 0 unspecified atom stereocenters. The van der Waals surface area contributed by atoms with Gasteiger partial charge < -0.3 is 5.73 Å². The first kappa shape index (κ1) is 7.82. The van der Waals surface area contributed by atoms with Crippen LogP contribution in [-0.2, 0) is 0 Å². The largest absolute Gasteiger partial charge is 0.387 e. The predicted molar refractivity (Wildman–Crippen MR) is 40.5 cm³/mol. The minimum atomic E-state index is 0.750. The van der Waals surface area contributed by atoms with Crippen LogP contribution in [-0.4, -0.2) is 24.4 Å². The average Bonchev–Trinajstić information content (AvgIpc) is 1.68. The van der Waals surface area contributed by atoms with E-state index in [1.54, 1.807) is 11.8 Å². The lowest BCUT2D eigenvalue weighted by atomic mass is 10.7. The third kappa shape index (κ3) is 3.99. The van der Waals surface area contributed by atoms with Gasteiger partial charge in [-0.1, -0.05) is 0 Å². The number of nitrogens with two attached hydrogens (primary N) is 1. The van der Waals surface area contributed by atoms with Crippen LogP contribution in [0, 0.1) is 0 Å². The maximum atomic E-state index is 5.42. The summed E-state index contributed by atoms with van der Waals surface area (Å²) in [6.07, 6.45) is 2.01. The van der Waals surface area contributed by atoms with E-state index in [0.29, 0.717) is 0 Å². The standard InChI is InChI=1S/C5H12N2S/c1-3-7-5(6)4-8-2/h3-4H2,1-2H3,(H2,6,7). The highest BCUT2D eigenvalue weighted by molar-refractivity contribution is 7.99. The lowest BCUT2D eigenvalue weighted by Crippen LogP contribution is -2.14. The van der Waals surface area contributed by atoms with Crippen molar-refractivity contribution in [1.29, 1.82) is 0 Å². The molecule has 0 fully saturated rings. The fraction of sp³-hybridized carbons (Fsp3) is 0.800. The van der Waals surface area contributed by atoms with Gasteiger partial charge in [0, 0.05) is 6.54 Å². The van der Waals surface area contributed by atoms with Gasteiger partial charge in [-0.2, -0.15) is 11.8 Å². The van der Waals surface area contributed by atoms with Crippen molar-refractivity contribution in [2.24, 2.45) is 10.7 Å². The van der Waals surface area contributed by atoms with Crippen LogP contribution in [0.5, 0.6) is 0 Å². The summed E-state index contributed by atoms with van der Waals surface area (Å²) >= 11 is 1.69. The van der Waals surface area contributed by atoms with Crippen LogP contribution >= 0.6 is 11.8 Å². The van der Waals surface area contributed by atoms with Gasteiger partial charge in [0.15, 0.2) is 0 Å². The minimum Gasteiger partial charge on any atom is -0.387 e. The smallest absolute Gasteiger partial charge is 0.104 e. The summed E-state index contributed by atoms with van der Waals surface area (Å²) < 4.78 is 0. The van der Waals surface area contributed by atoms with Crippen molar-refractivity contribution in [2.45, 2.75) is 6.92 Å². The summed E-state index contributed by atoms with van der Waals surface area (Å²) in [6.45, 7) is 2.78. The summed E-state index contributed by atoms with van der Waals surface area (Å²) in [4.78, 5) is 3.99. The minimum absolute atomic E-state index is 0.750. The Labute approximate surface area is 54.6 Å². The third-order valence-corrected chi connectivity index (χ3v) is 1.24. The molecule has 0 aliphatic rings. The van der Waals surface area contributed by atoms with Gasteiger partial charge in [-0.15, -0.1) is 0 Å². The Hall–Kier alpha value is -0.180. The van der Waals surface area contributed by atoms with Gasteiger partial charge in [0.2, 0.25) is 0 Å². The molecule has 0 bridgehead atoms. The SMILES string of the molecule is CCN=C(N)CSC. The molecule has 0 amide bonds. The van der Waals surface area contributed by atoms with Crippen molar-refractivity contribution in [2.75, 3.05) is 18.6 Å². The van der Waals surface area contributed by atoms with Crippen molar-refractivity contribution >= 4 is 17.6 Å². The first-order valence-electron chi connectivity index (χ1n) is 2.59. The van der Waals surface area contributed by atoms with Crippen molar-refractivity contribution in [3.63, 3.8) is 0 Å². The number of thioether (sulfide) groups is 1. The average molecular weight is 132 g/mol. The van der Waals surface area contributed by atoms with E-state index in [4.69, 9.17) is 5.73 Å². The van der Waals surface area contributed by atoms with E-state index in [1.165, 1.54) is 0 Å². The van der Waals surface area contributed by atoms with E-state index in [9.17, 15) is 0 Å². The zero-order valence-electron chi connectivity index (χ0n) is 5.35. The van der Waals surface area contributed by atoms with Crippen molar-refractivity contribution in [3.05, 3.63) is 0 Å². The summed E-state index contributed by atoms with van der Waals surface area (Å²) in [5, 5.41) is 0. The van der Waals surface area contributed by atoms with Crippen LogP contribution in [0.4, 0.5) is 0 Å². The van der Waals surface area contributed by atoms with E-state index in [2.05, 4.69) is 4.99 Å². The maximum absolute atomic E-state index is 5.42. The second-order valence-electron chi connectivity index (χ2n) is 1.40. The Kier molecular flexibility index (Phi) is 4.85. The van der Waals surface area contributed by atoms with Crippen molar-refractivity contribution in [1.82, 2.24) is 0 Å². The van der Waals surface area contributed by atoms with Gasteiger partial charge in [-0.3, -0.25) is 4.99 Å². The van der Waals surface area contributed by atoms with Gasteiger partial charge in [-0.25, -0.2) is 0 Å². The fourth-order valence-electron chi connectivity index (χ4n) is 0.397. The first-order valence-corrected chi connectivity index (χ1v) is 3.98. The molecule has 0 heterocycles. The Morgan fingerprint density at radius 2 is 2.38 bits per heavy atom. The molecular formula is C5H12N2S. The number of hydrogen-bond donors (Lipinski definition) is 1. The molecule has 0 saturated carbocycles. The molecule has 0 spiro atoms. The Balaban J connectivity index is 3.29. The highest BCUT2D eigenvalue weighted by Gasteiger charge is 1.84.